The molecule has 0 aromatic heterocycles. The van der Waals surface area contributed by atoms with E-state index >= 15 is 0 Å². The highest BCUT2D eigenvalue weighted by molar-refractivity contribution is 5.94. The van der Waals surface area contributed by atoms with Crippen LogP contribution < -0.4 is 4.74 Å². The first-order valence-electron chi connectivity index (χ1n) is 9.72. The Labute approximate surface area is 174 Å². The fraction of sp³-hybridized carbons (Fsp3) is 0.409. The molecule has 0 bridgehead atoms. The van der Waals surface area contributed by atoms with Gasteiger partial charge in [0.1, 0.15) is 12.4 Å². The molecule has 1 aliphatic rings. The predicted molar refractivity (Wildman–Crippen MR) is 106 cm³/mol. The lowest BCUT2D eigenvalue weighted by atomic mass is 10.1. The summed E-state index contributed by atoms with van der Waals surface area (Å²) >= 11 is 0. The van der Waals surface area contributed by atoms with Crippen LogP contribution >= 0.6 is 0 Å². The van der Waals surface area contributed by atoms with E-state index < -0.39 is 12.8 Å². The number of rotatable bonds is 7. The van der Waals surface area contributed by atoms with Gasteiger partial charge >= 0.3 is 6.18 Å². The number of benzene rings is 2. The van der Waals surface area contributed by atoms with Crippen molar-refractivity contribution in [2.24, 2.45) is 0 Å². The number of amides is 1. The molecule has 3 rings (SSSR count). The van der Waals surface area contributed by atoms with Gasteiger partial charge in [-0.3, -0.25) is 9.69 Å². The van der Waals surface area contributed by atoms with E-state index in [-0.39, 0.29) is 12.5 Å². The molecule has 1 aliphatic heterocycles. The Morgan fingerprint density at radius 2 is 1.70 bits per heavy atom. The van der Waals surface area contributed by atoms with E-state index in [2.05, 4.69) is 9.64 Å². The summed E-state index contributed by atoms with van der Waals surface area (Å²) < 4.78 is 46.6. The Morgan fingerprint density at radius 3 is 2.40 bits per heavy atom. The highest BCUT2D eigenvalue weighted by Gasteiger charge is 2.27. The molecule has 0 N–H and O–H groups in total. The molecule has 1 amide bonds. The van der Waals surface area contributed by atoms with Crippen LogP contribution in [0.15, 0.2) is 48.5 Å². The zero-order chi connectivity index (χ0) is 21.6. The molecule has 30 heavy (non-hydrogen) atoms. The Morgan fingerprint density at radius 1 is 1.00 bits per heavy atom. The van der Waals surface area contributed by atoms with E-state index in [0.717, 1.165) is 30.9 Å². The Hall–Kier alpha value is -2.58. The van der Waals surface area contributed by atoms with Gasteiger partial charge in [0, 0.05) is 38.3 Å². The molecule has 5 nitrogen and oxygen atoms in total. The van der Waals surface area contributed by atoms with Crippen LogP contribution in [-0.2, 0) is 17.9 Å². The Kier molecular flexibility index (Phi) is 7.33. The number of ether oxygens (including phenoxy) is 2. The summed E-state index contributed by atoms with van der Waals surface area (Å²) in [5.41, 5.74) is 2.16. The van der Waals surface area contributed by atoms with Crippen LogP contribution in [-0.4, -0.2) is 61.8 Å². The van der Waals surface area contributed by atoms with E-state index in [4.69, 9.17) is 4.74 Å². The number of alkyl halides is 3. The lowest BCUT2D eigenvalue weighted by Gasteiger charge is -2.35. The minimum atomic E-state index is -4.36. The summed E-state index contributed by atoms with van der Waals surface area (Å²) in [5.74, 6) is 0.703. The summed E-state index contributed by atoms with van der Waals surface area (Å²) in [6.45, 7) is 1.98. The highest BCUT2D eigenvalue weighted by Crippen LogP contribution is 2.18. The highest BCUT2D eigenvalue weighted by atomic mass is 19.4. The molecule has 2 aromatic rings. The second kappa shape index (κ2) is 9.95. The van der Waals surface area contributed by atoms with Crippen LogP contribution in [0.5, 0.6) is 5.75 Å². The largest absolute Gasteiger partial charge is 0.497 e. The van der Waals surface area contributed by atoms with Crippen LogP contribution in [0, 0.1) is 0 Å². The van der Waals surface area contributed by atoms with Crippen LogP contribution in [0.4, 0.5) is 13.2 Å². The topological polar surface area (TPSA) is 42.0 Å². The first-order valence-corrected chi connectivity index (χ1v) is 9.72. The van der Waals surface area contributed by atoms with Crippen molar-refractivity contribution < 1.29 is 27.4 Å². The number of hydrogen-bond acceptors (Lipinski definition) is 4. The lowest BCUT2D eigenvalue weighted by molar-refractivity contribution is -0.176. The van der Waals surface area contributed by atoms with Crippen LogP contribution in [0.25, 0.3) is 0 Å². The van der Waals surface area contributed by atoms with Crippen molar-refractivity contribution in [1.82, 2.24) is 9.80 Å². The van der Waals surface area contributed by atoms with Crippen LogP contribution in [0.3, 0.4) is 0 Å². The van der Waals surface area contributed by atoms with E-state index in [1.807, 2.05) is 24.3 Å². The van der Waals surface area contributed by atoms with Crippen molar-refractivity contribution in [2.75, 3.05) is 39.9 Å². The molecule has 8 heteroatoms. The summed E-state index contributed by atoms with van der Waals surface area (Å²) in [4.78, 5) is 16.9. The van der Waals surface area contributed by atoms with Gasteiger partial charge in [-0.05, 0) is 35.4 Å². The molecule has 0 atom stereocenters. The van der Waals surface area contributed by atoms with Crippen molar-refractivity contribution in [2.45, 2.75) is 19.3 Å². The first kappa shape index (κ1) is 22.1. The number of methoxy groups -OCH3 is 1. The average Bonchev–Trinajstić information content (AvgIpc) is 2.73. The van der Waals surface area contributed by atoms with Crippen LogP contribution in [0.1, 0.15) is 21.5 Å². The van der Waals surface area contributed by atoms with Crippen molar-refractivity contribution >= 4 is 5.91 Å². The van der Waals surface area contributed by atoms with Crippen LogP contribution in [0.2, 0.25) is 0 Å². The fourth-order valence-electron chi connectivity index (χ4n) is 3.40. The smallest absolute Gasteiger partial charge is 0.411 e. The summed E-state index contributed by atoms with van der Waals surface area (Å²) in [7, 11) is 1.64. The molecule has 2 aromatic carbocycles. The second-order valence-electron chi connectivity index (χ2n) is 7.23. The Balaban J connectivity index is 1.51. The minimum Gasteiger partial charge on any atom is -0.497 e. The van der Waals surface area contributed by atoms with Gasteiger partial charge in [0.2, 0.25) is 0 Å². The number of nitrogens with zero attached hydrogens (tertiary/aromatic N) is 2. The van der Waals surface area contributed by atoms with E-state index in [1.54, 1.807) is 36.3 Å². The number of carbonyl (C=O) groups excluding carboxylic acids is 1. The van der Waals surface area contributed by atoms with Crippen molar-refractivity contribution in [3.05, 3.63) is 65.2 Å². The fourth-order valence-corrected chi connectivity index (χ4v) is 3.40. The maximum absolute atomic E-state index is 12.8. The second-order valence-corrected chi connectivity index (χ2v) is 7.23. The van der Waals surface area contributed by atoms with E-state index in [1.165, 1.54) is 0 Å². The third-order valence-corrected chi connectivity index (χ3v) is 4.91. The van der Waals surface area contributed by atoms with Crippen molar-refractivity contribution in [1.29, 1.82) is 0 Å². The van der Waals surface area contributed by atoms with E-state index in [0.29, 0.717) is 24.2 Å². The third-order valence-electron chi connectivity index (χ3n) is 4.91. The first-order chi connectivity index (χ1) is 14.3. The molecular formula is C22H25F3N2O3. The normalized spacial score (nSPS) is 15.3. The van der Waals surface area contributed by atoms with Gasteiger partial charge in [-0.1, -0.05) is 24.3 Å². The zero-order valence-electron chi connectivity index (χ0n) is 16.8. The molecule has 0 unspecified atom stereocenters. The maximum atomic E-state index is 12.8. The monoisotopic (exact) mass is 422 g/mol. The lowest BCUT2D eigenvalue weighted by Crippen LogP contribution is -2.48. The number of hydrogen-bond donors (Lipinski definition) is 0. The van der Waals surface area contributed by atoms with Gasteiger partial charge in [-0.25, -0.2) is 0 Å². The molecule has 1 fully saturated rings. The van der Waals surface area contributed by atoms with Crippen molar-refractivity contribution in [3.63, 3.8) is 0 Å². The Bertz CT molecular complexity index is 850. The standard InChI is InChI=1S/C22H25F3N2O3/c1-29-20-7-3-4-17(13-20)14-26-8-10-27(11-9-26)21(28)19-6-2-5-18(12-19)15-30-16-22(23,24)25/h2-7,12-13H,8-11,14-16H2,1H3. The number of halogens is 3. The molecule has 1 heterocycles. The number of carbonyl (C=O) groups is 1. The molecular weight excluding hydrogens is 397 g/mol. The van der Waals surface area contributed by atoms with Gasteiger partial charge in [0.05, 0.1) is 13.7 Å². The third kappa shape index (κ3) is 6.47. The molecule has 0 radical (unpaired) electrons. The van der Waals surface area contributed by atoms with Gasteiger partial charge < -0.3 is 14.4 Å². The maximum Gasteiger partial charge on any atom is 0.411 e. The number of piperazine rings is 1. The quantitative estimate of drug-likeness (QED) is 0.682. The molecule has 1 saturated heterocycles. The van der Waals surface area contributed by atoms with E-state index in [9.17, 15) is 18.0 Å². The zero-order valence-corrected chi connectivity index (χ0v) is 16.8. The van der Waals surface area contributed by atoms with Gasteiger partial charge in [-0.15, -0.1) is 0 Å². The summed E-state index contributed by atoms with van der Waals surface area (Å²) in [6.07, 6.45) is -4.36. The van der Waals surface area contributed by atoms with Gasteiger partial charge in [0.25, 0.3) is 5.91 Å². The summed E-state index contributed by atoms with van der Waals surface area (Å²) in [5, 5.41) is 0. The van der Waals surface area contributed by atoms with Gasteiger partial charge in [0.15, 0.2) is 0 Å². The summed E-state index contributed by atoms with van der Waals surface area (Å²) in [6, 6.07) is 14.5. The molecule has 0 spiro atoms. The predicted octanol–water partition coefficient (Wildman–Crippen LogP) is 3.73. The minimum absolute atomic E-state index is 0.117. The SMILES string of the molecule is COc1cccc(CN2CCN(C(=O)c3cccc(COCC(F)(F)F)c3)CC2)c1. The molecule has 0 aliphatic carbocycles. The molecule has 0 saturated carbocycles. The molecule has 162 valence electrons. The van der Waals surface area contributed by atoms with Gasteiger partial charge in [-0.2, -0.15) is 13.2 Å². The average molecular weight is 422 g/mol. The van der Waals surface area contributed by atoms with Crippen molar-refractivity contribution in [3.8, 4) is 5.75 Å².